The number of anilines is 1. The van der Waals surface area contributed by atoms with Crippen molar-refractivity contribution < 1.29 is 27.5 Å². The lowest BCUT2D eigenvalue weighted by Crippen LogP contribution is -2.41. The maximum Gasteiger partial charge on any atom is 0.369 e. The van der Waals surface area contributed by atoms with Crippen LogP contribution in [0, 0.1) is 11.3 Å². The number of hydrazone groups is 1. The Hall–Kier alpha value is -2.97. The molecule has 0 heterocycles. The zero-order valence-corrected chi connectivity index (χ0v) is 17.0. The van der Waals surface area contributed by atoms with E-state index in [1.807, 2.05) is 0 Å². The summed E-state index contributed by atoms with van der Waals surface area (Å²) in [6.07, 6.45) is 0. The normalized spacial score (nSPS) is 12.1. The fraction of sp³-hybridized carbons (Fsp3) is 0.412. The van der Waals surface area contributed by atoms with Gasteiger partial charge >= 0.3 is 11.9 Å². The predicted molar refractivity (Wildman–Crippen MR) is 101 cm³/mol. The molecule has 0 fully saturated rings. The van der Waals surface area contributed by atoms with Gasteiger partial charge in [0.2, 0.25) is 15.7 Å². The Balaban J connectivity index is 3.38. The minimum Gasteiger partial charge on any atom is -0.465 e. The molecule has 0 aromatic heterocycles. The molecule has 0 amide bonds. The molecule has 152 valence electrons. The van der Waals surface area contributed by atoms with Gasteiger partial charge in [0.05, 0.1) is 29.9 Å². The van der Waals surface area contributed by atoms with Crippen LogP contribution < -0.4 is 10.1 Å². The fourth-order valence-corrected chi connectivity index (χ4v) is 3.63. The Bertz CT molecular complexity index is 926. The predicted octanol–water partition coefficient (Wildman–Crippen LogP) is 1.40. The highest BCUT2D eigenvalue weighted by Gasteiger charge is 2.27. The number of esters is 2. The van der Waals surface area contributed by atoms with E-state index in [1.54, 1.807) is 33.8 Å². The third-order valence-corrected chi connectivity index (χ3v) is 4.79. The van der Waals surface area contributed by atoms with Crippen molar-refractivity contribution in [2.24, 2.45) is 5.10 Å². The number of hydrogen-bond donors (Lipinski definition) is 2. The number of sulfonamides is 1. The standard InChI is InChI=1S/C17H22N4O6S/c1-6-27-16(23)13(10-18)20-19-11-7-8-12(15(22)26-5)14(9-11)28(24,25)21-17(2,3)4/h7-9,19,21H,6H2,1-5H3. The van der Waals surface area contributed by atoms with Crippen LogP contribution in [-0.2, 0) is 24.3 Å². The minimum atomic E-state index is -4.09. The first kappa shape index (κ1) is 23.1. The Kier molecular flexibility index (Phi) is 7.66. The molecule has 1 rings (SSSR count). The second-order valence-electron chi connectivity index (χ2n) is 6.46. The van der Waals surface area contributed by atoms with E-state index >= 15 is 0 Å². The van der Waals surface area contributed by atoms with Crippen molar-refractivity contribution in [2.75, 3.05) is 19.1 Å². The molecule has 10 nitrogen and oxygen atoms in total. The second-order valence-corrected chi connectivity index (χ2v) is 8.11. The molecule has 0 atom stereocenters. The number of nitriles is 1. The van der Waals surface area contributed by atoms with Gasteiger partial charge in [0.25, 0.3) is 0 Å². The van der Waals surface area contributed by atoms with Gasteiger partial charge in [-0.05, 0) is 45.9 Å². The van der Waals surface area contributed by atoms with Gasteiger partial charge in [-0.25, -0.2) is 22.7 Å². The highest BCUT2D eigenvalue weighted by Crippen LogP contribution is 2.23. The van der Waals surface area contributed by atoms with Crippen LogP contribution in [0.15, 0.2) is 28.2 Å². The van der Waals surface area contributed by atoms with E-state index < -0.39 is 33.2 Å². The zero-order valence-electron chi connectivity index (χ0n) is 16.2. The monoisotopic (exact) mass is 410 g/mol. The molecule has 0 aliphatic rings. The molecule has 0 saturated heterocycles. The lowest BCUT2D eigenvalue weighted by Gasteiger charge is -2.21. The number of carbonyl (C=O) groups excluding carboxylic acids is 2. The van der Waals surface area contributed by atoms with Gasteiger partial charge in [-0.15, -0.1) is 0 Å². The first-order chi connectivity index (χ1) is 12.9. The molecule has 11 heteroatoms. The summed E-state index contributed by atoms with van der Waals surface area (Å²) >= 11 is 0. The molecule has 0 saturated carbocycles. The average molecular weight is 410 g/mol. The molecule has 28 heavy (non-hydrogen) atoms. The summed E-state index contributed by atoms with van der Waals surface area (Å²) in [5.41, 5.74) is 1.01. The van der Waals surface area contributed by atoms with Crippen molar-refractivity contribution in [3.63, 3.8) is 0 Å². The lowest BCUT2D eigenvalue weighted by atomic mass is 10.1. The van der Waals surface area contributed by atoms with Crippen molar-refractivity contribution >= 4 is 33.4 Å². The number of nitrogens with one attached hydrogen (secondary N) is 2. The van der Waals surface area contributed by atoms with Crippen molar-refractivity contribution in [1.29, 1.82) is 5.26 Å². The number of rotatable bonds is 7. The van der Waals surface area contributed by atoms with Gasteiger partial charge in [-0.3, -0.25) is 5.43 Å². The quantitative estimate of drug-likeness (QED) is 0.389. The van der Waals surface area contributed by atoms with E-state index in [-0.39, 0.29) is 22.8 Å². The first-order valence-electron chi connectivity index (χ1n) is 8.12. The SMILES string of the molecule is CCOC(=O)C(C#N)=NNc1ccc(C(=O)OC)c(S(=O)(=O)NC(C)(C)C)c1. The third-order valence-electron chi connectivity index (χ3n) is 2.99. The van der Waals surface area contributed by atoms with Crippen LogP contribution in [0.5, 0.6) is 0 Å². The average Bonchev–Trinajstić information content (AvgIpc) is 2.59. The van der Waals surface area contributed by atoms with Crippen molar-refractivity contribution in [2.45, 2.75) is 38.1 Å². The van der Waals surface area contributed by atoms with Gasteiger partial charge in [0, 0.05) is 5.54 Å². The van der Waals surface area contributed by atoms with Crippen LogP contribution in [0.2, 0.25) is 0 Å². The van der Waals surface area contributed by atoms with E-state index in [0.717, 1.165) is 13.2 Å². The maximum absolute atomic E-state index is 12.7. The van der Waals surface area contributed by atoms with E-state index in [4.69, 9.17) is 5.26 Å². The first-order valence-corrected chi connectivity index (χ1v) is 9.60. The Morgan fingerprint density at radius 1 is 1.29 bits per heavy atom. The number of benzene rings is 1. The van der Waals surface area contributed by atoms with E-state index in [0.29, 0.717) is 0 Å². The summed E-state index contributed by atoms with van der Waals surface area (Å²) in [6.45, 7) is 6.58. The van der Waals surface area contributed by atoms with Crippen LogP contribution >= 0.6 is 0 Å². The van der Waals surface area contributed by atoms with Crippen LogP contribution in [0.25, 0.3) is 0 Å². The Labute approximate surface area is 163 Å². The van der Waals surface area contributed by atoms with E-state index in [2.05, 4.69) is 24.7 Å². The zero-order chi connectivity index (χ0) is 21.5. The van der Waals surface area contributed by atoms with Gasteiger partial charge < -0.3 is 9.47 Å². The fourth-order valence-electron chi connectivity index (χ4n) is 1.99. The molecular weight excluding hydrogens is 388 g/mol. The lowest BCUT2D eigenvalue weighted by molar-refractivity contribution is -0.134. The highest BCUT2D eigenvalue weighted by molar-refractivity contribution is 7.89. The summed E-state index contributed by atoms with van der Waals surface area (Å²) < 4.78 is 37.2. The molecule has 1 aromatic rings. The van der Waals surface area contributed by atoms with Crippen molar-refractivity contribution in [1.82, 2.24) is 4.72 Å². The van der Waals surface area contributed by atoms with Crippen LogP contribution in [-0.4, -0.2) is 45.3 Å². The third kappa shape index (κ3) is 6.33. The highest BCUT2D eigenvalue weighted by atomic mass is 32.2. The topological polar surface area (TPSA) is 147 Å². The largest absolute Gasteiger partial charge is 0.465 e. The molecule has 0 aliphatic heterocycles. The summed E-state index contributed by atoms with van der Waals surface area (Å²) in [6, 6.07) is 5.31. The van der Waals surface area contributed by atoms with Crippen LogP contribution in [0.1, 0.15) is 38.1 Å². The maximum atomic E-state index is 12.7. The molecular formula is C17H22N4O6S. The van der Waals surface area contributed by atoms with Crippen LogP contribution in [0.3, 0.4) is 0 Å². The number of hydrogen-bond acceptors (Lipinski definition) is 9. The smallest absolute Gasteiger partial charge is 0.369 e. The molecule has 2 N–H and O–H groups in total. The van der Waals surface area contributed by atoms with E-state index in [1.165, 1.54) is 12.1 Å². The van der Waals surface area contributed by atoms with E-state index in [9.17, 15) is 18.0 Å². The number of methoxy groups -OCH3 is 1. The van der Waals surface area contributed by atoms with Gasteiger partial charge in [-0.1, -0.05) is 0 Å². The number of carbonyl (C=O) groups is 2. The van der Waals surface area contributed by atoms with Gasteiger partial charge in [0.15, 0.2) is 0 Å². The van der Waals surface area contributed by atoms with Crippen molar-refractivity contribution in [3.8, 4) is 6.07 Å². The Morgan fingerprint density at radius 2 is 1.93 bits per heavy atom. The van der Waals surface area contributed by atoms with Gasteiger partial charge in [0.1, 0.15) is 6.07 Å². The molecule has 0 bridgehead atoms. The van der Waals surface area contributed by atoms with Crippen LogP contribution in [0.4, 0.5) is 5.69 Å². The molecule has 0 aliphatic carbocycles. The second kappa shape index (κ2) is 9.29. The number of ether oxygens (including phenoxy) is 2. The number of nitrogens with zero attached hydrogens (tertiary/aromatic N) is 2. The Morgan fingerprint density at radius 3 is 2.43 bits per heavy atom. The summed E-state index contributed by atoms with van der Waals surface area (Å²) in [4.78, 5) is 23.2. The summed E-state index contributed by atoms with van der Waals surface area (Å²) in [5.74, 6) is -1.76. The minimum absolute atomic E-state index is 0.0637. The molecule has 0 spiro atoms. The summed E-state index contributed by atoms with van der Waals surface area (Å²) in [7, 11) is -2.96. The molecule has 0 radical (unpaired) electrons. The van der Waals surface area contributed by atoms with Crippen molar-refractivity contribution in [3.05, 3.63) is 23.8 Å². The molecule has 0 unspecified atom stereocenters. The summed E-state index contributed by atoms with van der Waals surface area (Å²) in [5, 5.41) is 12.6. The molecule has 1 aromatic carbocycles. The van der Waals surface area contributed by atoms with Gasteiger partial charge in [-0.2, -0.15) is 10.4 Å².